The van der Waals surface area contributed by atoms with Gasteiger partial charge in [0.2, 0.25) is 0 Å². The zero-order valence-corrected chi connectivity index (χ0v) is 10.1. The van der Waals surface area contributed by atoms with Crippen molar-refractivity contribution in [3.63, 3.8) is 0 Å². The van der Waals surface area contributed by atoms with Crippen molar-refractivity contribution in [2.24, 2.45) is 0 Å². The number of hydrogen-bond donors (Lipinski definition) is 1. The molecule has 0 saturated heterocycles. The molecule has 0 heterocycles. The summed E-state index contributed by atoms with van der Waals surface area (Å²) in [6.07, 6.45) is 2.59. The molecule has 0 spiro atoms. The number of benzene rings is 1. The summed E-state index contributed by atoms with van der Waals surface area (Å²) in [5, 5.41) is 3.47. The highest BCUT2D eigenvalue weighted by molar-refractivity contribution is 5.49. The number of nitrogens with zero attached hydrogens (tertiary/aromatic N) is 1. The first kappa shape index (κ1) is 11.3. The molecule has 0 unspecified atom stereocenters. The van der Waals surface area contributed by atoms with Crippen molar-refractivity contribution in [1.82, 2.24) is 4.90 Å². The minimum atomic E-state index is 0.692. The number of hydrogen-bond acceptors (Lipinski definition) is 3. The molecule has 1 aliphatic rings. The van der Waals surface area contributed by atoms with Gasteiger partial charge in [-0.25, -0.2) is 0 Å². The van der Waals surface area contributed by atoms with Crippen molar-refractivity contribution >= 4 is 5.69 Å². The Morgan fingerprint density at radius 3 is 2.88 bits per heavy atom. The first-order chi connectivity index (χ1) is 7.74. The summed E-state index contributed by atoms with van der Waals surface area (Å²) in [5.41, 5.74) is 1.17. The van der Waals surface area contributed by atoms with Crippen LogP contribution in [0.1, 0.15) is 12.8 Å². The Morgan fingerprint density at radius 1 is 1.38 bits per heavy atom. The molecule has 0 atom stereocenters. The molecule has 3 heteroatoms. The van der Waals surface area contributed by atoms with Crippen LogP contribution in [-0.2, 0) is 0 Å². The van der Waals surface area contributed by atoms with Gasteiger partial charge in [0.05, 0.1) is 0 Å². The summed E-state index contributed by atoms with van der Waals surface area (Å²) in [6.45, 7) is 1.68. The maximum atomic E-state index is 5.68. The molecule has 1 saturated carbocycles. The van der Waals surface area contributed by atoms with Crippen LogP contribution in [0, 0.1) is 0 Å². The standard InChI is InChI=1S/C13H20N2O/c1-15(2)8-9-16-13-5-3-4-12(10-13)14-11-6-7-11/h3-5,10-11,14H,6-9H2,1-2H3. The van der Waals surface area contributed by atoms with Crippen LogP contribution in [0.15, 0.2) is 24.3 Å². The third-order valence-corrected chi connectivity index (χ3v) is 2.59. The predicted molar refractivity (Wildman–Crippen MR) is 67.1 cm³/mol. The molecular formula is C13H20N2O. The Kier molecular flexibility index (Phi) is 3.67. The lowest BCUT2D eigenvalue weighted by Gasteiger charge is -2.12. The number of anilines is 1. The Bertz CT molecular complexity index is 334. The van der Waals surface area contributed by atoms with Gasteiger partial charge in [0, 0.05) is 24.3 Å². The lowest BCUT2D eigenvalue weighted by atomic mass is 10.3. The topological polar surface area (TPSA) is 24.5 Å². The molecule has 1 aromatic rings. The first-order valence-corrected chi connectivity index (χ1v) is 5.88. The summed E-state index contributed by atoms with van der Waals surface area (Å²) in [7, 11) is 4.10. The van der Waals surface area contributed by atoms with Crippen LogP contribution >= 0.6 is 0 Å². The average molecular weight is 220 g/mol. The maximum Gasteiger partial charge on any atom is 0.121 e. The largest absolute Gasteiger partial charge is 0.492 e. The molecule has 0 amide bonds. The van der Waals surface area contributed by atoms with Crippen LogP contribution in [0.2, 0.25) is 0 Å². The minimum absolute atomic E-state index is 0.692. The highest BCUT2D eigenvalue weighted by Gasteiger charge is 2.20. The zero-order chi connectivity index (χ0) is 11.4. The minimum Gasteiger partial charge on any atom is -0.492 e. The third-order valence-electron chi connectivity index (χ3n) is 2.59. The Labute approximate surface area is 97.4 Å². The van der Waals surface area contributed by atoms with Crippen molar-refractivity contribution in [3.8, 4) is 5.75 Å². The van der Waals surface area contributed by atoms with Gasteiger partial charge in [-0.3, -0.25) is 0 Å². The fraction of sp³-hybridized carbons (Fsp3) is 0.538. The fourth-order valence-corrected chi connectivity index (χ4v) is 1.49. The van der Waals surface area contributed by atoms with Crippen LogP contribution in [-0.4, -0.2) is 38.2 Å². The highest BCUT2D eigenvalue weighted by Crippen LogP contribution is 2.26. The normalized spacial score (nSPS) is 15.2. The summed E-state index contributed by atoms with van der Waals surface area (Å²) in [6, 6.07) is 8.91. The van der Waals surface area contributed by atoms with Crippen molar-refractivity contribution in [3.05, 3.63) is 24.3 Å². The van der Waals surface area contributed by atoms with Crippen LogP contribution in [0.3, 0.4) is 0 Å². The smallest absolute Gasteiger partial charge is 0.121 e. The molecule has 1 aromatic carbocycles. The Hall–Kier alpha value is -1.22. The van der Waals surface area contributed by atoms with Crippen LogP contribution in [0.5, 0.6) is 5.75 Å². The lowest BCUT2D eigenvalue weighted by molar-refractivity contribution is 0.261. The van der Waals surface area contributed by atoms with Gasteiger partial charge in [-0.1, -0.05) is 6.07 Å². The van der Waals surface area contributed by atoms with Crippen LogP contribution in [0.4, 0.5) is 5.69 Å². The molecule has 2 rings (SSSR count). The molecule has 88 valence electrons. The second-order valence-electron chi connectivity index (χ2n) is 4.60. The van der Waals surface area contributed by atoms with Gasteiger partial charge in [0.15, 0.2) is 0 Å². The van der Waals surface area contributed by atoms with E-state index in [2.05, 4.69) is 36.4 Å². The fourth-order valence-electron chi connectivity index (χ4n) is 1.49. The SMILES string of the molecule is CN(C)CCOc1cccc(NC2CC2)c1. The molecule has 0 aliphatic heterocycles. The molecule has 0 radical (unpaired) electrons. The third kappa shape index (κ3) is 3.74. The number of nitrogens with one attached hydrogen (secondary N) is 1. The van der Waals surface area contributed by atoms with E-state index in [9.17, 15) is 0 Å². The number of ether oxygens (including phenoxy) is 1. The van der Waals surface area contributed by atoms with Gasteiger partial charge in [-0.15, -0.1) is 0 Å². The van der Waals surface area contributed by atoms with E-state index in [0.717, 1.165) is 18.9 Å². The van der Waals surface area contributed by atoms with E-state index < -0.39 is 0 Å². The summed E-state index contributed by atoms with van der Waals surface area (Å²) >= 11 is 0. The monoisotopic (exact) mass is 220 g/mol. The molecule has 0 bridgehead atoms. The molecule has 1 aliphatic carbocycles. The lowest BCUT2D eigenvalue weighted by Crippen LogP contribution is -2.19. The van der Waals surface area contributed by atoms with E-state index in [1.54, 1.807) is 0 Å². The zero-order valence-electron chi connectivity index (χ0n) is 10.1. The Balaban J connectivity index is 1.83. The molecule has 0 aromatic heterocycles. The van der Waals surface area contributed by atoms with E-state index >= 15 is 0 Å². The number of rotatable bonds is 6. The van der Waals surface area contributed by atoms with Gasteiger partial charge in [0.25, 0.3) is 0 Å². The predicted octanol–water partition coefficient (Wildman–Crippen LogP) is 2.20. The molecule has 3 nitrogen and oxygen atoms in total. The molecule has 1 N–H and O–H groups in total. The van der Waals surface area contributed by atoms with Gasteiger partial charge >= 0.3 is 0 Å². The highest BCUT2D eigenvalue weighted by atomic mass is 16.5. The molecule has 16 heavy (non-hydrogen) atoms. The Morgan fingerprint density at radius 2 is 2.19 bits per heavy atom. The van der Waals surface area contributed by atoms with Crippen LogP contribution < -0.4 is 10.1 Å². The first-order valence-electron chi connectivity index (χ1n) is 5.88. The van der Waals surface area contributed by atoms with E-state index in [0.29, 0.717) is 6.04 Å². The maximum absolute atomic E-state index is 5.68. The average Bonchev–Trinajstić information content (AvgIpc) is 3.02. The second kappa shape index (κ2) is 5.21. The summed E-state index contributed by atoms with van der Waals surface area (Å²) in [4.78, 5) is 2.12. The van der Waals surface area contributed by atoms with E-state index in [4.69, 9.17) is 4.74 Å². The van der Waals surface area contributed by atoms with Crippen molar-refractivity contribution in [2.45, 2.75) is 18.9 Å². The van der Waals surface area contributed by atoms with Crippen molar-refractivity contribution < 1.29 is 4.74 Å². The van der Waals surface area contributed by atoms with Gasteiger partial charge < -0.3 is 15.0 Å². The van der Waals surface area contributed by atoms with E-state index in [-0.39, 0.29) is 0 Å². The van der Waals surface area contributed by atoms with Gasteiger partial charge in [0.1, 0.15) is 12.4 Å². The molecule has 1 fully saturated rings. The van der Waals surface area contributed by atoms with Gasteiger partial charge in [-0.2, -0.15) is 0 Å². The quantitative estimate of drug-likeness (QED) is 0.795. The van der Waals surface area contributed by atoms with E-state index in [1.165, 1.54) is 18.5 Å². The van der Waals surface area contributed by atoms with E-state index in [1.807, 2.05) is 12.1 Å². The number of likely N-dealkylation sites (N-methyl/N-ethyl adjacent to an activating group) is 1. The van der Waals surface area contributed by atoms with Crippen LogP contribution in [0.25, 0.3) is 0 Å². The second-order valence-corrected chi connectivity index (χ2v) is 4.60. The molecular weight excluding hydrogens is 200 g/mol. The van der Waals surface area contributed by atoms with Crippen molar-refractivity contribution in [1.29, 1.82) is 0 Å². The van der Waals surface area contributed by atoms with Crippen molar-refractivity contribution in [2.75, 3.05) is 32.6 Å². The summed E-state index contributed by atoms with van der Waals surface area (Å²) < 4.78 is 5.68. The van der Waals surface area contributed by atoms with Gasteiger partial charge in [-0.05, 0) is 39.1 Å². The summed E-state index contributed by atoms with van der Waals surface area (Å²) in [5.74, 6) is 0.951.